The normalized spacial score (nSPS) is 16.1. The minimum atomic E-state index is 0.0934. The maximum Gasteiger partial charge on any atom is 0.224 e. The SMILES string of the molecule is CC(C)(C)c1nc(CN2CCCN(C(=O)CCn3ncc4ccc(Cl)cc43)CC2)cs1. The van der Waals surface area contributed by atoms with Gasteiger partial charge in [0, 0.05) is 60.3 Å². The maximum atomic E-state index is 12.9. The zero-order valence-corrected chi connectivity index (χ0v) is 20.0. The Kier molecular flexibility index (Phi) is 6.65. The summed E-state index contributed by atoms with van der Waals surface area (Å²) in [5.41, 5.74) is 2.20. The highest BCUT2D eigenvalue weighted by Crippen LogP contribution is 2.26. The van der Waals surface area contributed by atoms with Crippen LogP contribution in [-0.4, -0.2) is 56.7 Å². The van der Waals surface area contributed by atoms with Gasteiger partial charge in [-0.25, -0.2) is 4.98 Å². The van der Waals surface area contributed by atoms with E-state index in [2.05, 4.69) is 36.1 Å². The molecule has 166 valence electrons. The van der Waals surface area contributed by atoms with Crippen molar-refractivity contribution in [1.82, 2.24) is 24.6 Å². The van der Waals surface area contributed by atoms with Crippen LogP contribution < -0.4 is 0 Å². The lowest BCUT2D eigenvalue weighted by Crippen LogP contribution is -2.35. The first-order chi connectivity index (χ1) is 14.8. The van der Waals surface area contributed by atoms with Crippen LogP contribution in [0.2, 0.25) is 5.02 Å². The quantitative estimate of drug-likeness (QED) is 0.560. The minimum absolute atomic E-state index is 0.0934. The molecule has 2 aromatic heterocycles. The topological polar surface area (TPSA) is 54.3 Å². The summed E-state index contributed by atoms with van der Waals surface area (Å²) in [6.45, 7) is 11.5. The third-order valence-electron chi connectivity index (χ3n) is 5.66. The van der Waals surface area contributed by atoms with E-state index in [0.29, 0.717) is 18.0 Å². The number of carbonyl (C=O) groups excluding carboxylic acids is 1. The Morgan fingerprint density at radius 3 is 2.81 bits per heavy atom. The predicted octanol–water partition coefficient (Wildman–Crippen LogP) is 4.57. The third-order valence-corrected chi connectivity index (χ3v) is 7.22. The number of thiazole rings is 1. The number of fused-ring (bicyclic) bond motifs is 1. The molecular formula is C23H30ClN5OS. The van der Waals surface area contributed by atoms with E-state index in [1.165, 1.54) is 5.01 Å². The molecule has 0 aliphatic carbocycles. The van der Waals surface area contributed by atoms with E-state index in [-0.39, 0.29) is 11.3 Å². The van der Waals surface area contributed by atoms with Gasteiger partial charge in [-0.15, -0.1) is 11.3 Å². The second-order valence-electron chi connectivity index (χ2n) is 9.23. The largest absolute Gasteiger partial charge is 0.341 e. The fourth-order valence-corrected chi connectivity index (χ4v) is 4.98. The van der Waals surface area contributed by atoms with Crippen LogP contribution in [0, 0.1) is 0 Å². The van der Waals surface area contributed by atoms with Gasteiger partial charge in [-0.1, -0.05) is 32.4 Å². The van der Waals surface area contributed by atoms with Gasteiger partial charge in [-0.3, -0.25) is 14.4 Å². The number of amides is 1. The number of carbonyl (C=O) groups is 1. The van der Waals surface area contributed by atoms with Gasteiger partial charge in [-0.2, -0.15) is 5.10 Å². The average Bonchev–Trinajstić information content (AvgIpc) is 3.28. The molecule has 1 saturated heterocycles. The molecule has 31 heavy (non-hydrogen) atoms. The van der Waals surface area contributed by atoms with Crippen molar-refractivity contribution < 1.29 is 4.79 Å². The molecule has 1 aliphatic rings. The summed E-state index contributed by atoms with van der Waals surface area (Å²) in [6.07, 6.45) is 3.26. The Bertz CT molecular complexity index is 1050. The summed E-state index contributed by atoms with van der Waals surface area (Å²) in [5, 5.41) is 9.50. The number of hydrogen-bond donors (Lipinski definition) is 0. The van der Waals surface area contributed by atoms with Crippen molar-refractivity contribution in [1.29, 1.82) is 0 Å². The molecule has 1 fully saturated rings. The molecule has 0 unspecified atom stereocenters. The highest BCUT2D eigenvalue weighted by Gasteiger charge is 2.22. The Morgan fingerprint density at radius 2 is 2.03 bits per heavy atom. The van der Waals surface area contributed by atoms with Crippen LogP contribution in [0.5, 0.6) is 0 Å². The number of halogens is 1. The number of rotatable bonds is 5. The van der Waals surface area contributed by atoms with Gasteiger partial charge in [0.1, 0.15) is 0 Å². The van der Waals surface area contributed by atoms with Gasteiger partial charge >= 0.3 is 0 Å². The van der Waals surface area contributed by atoms with Gasteiger partial charge in [0.15, 0.2) is 0 Å². The predicted molar refractivity (Wildman–Crippen MR) is 127 cm³/mol. The monoisotopic (exact) mass is 459 g/mol. The van der Waals surface area contributed by atoms with Gasteiger partial charge in [-0.05, 0) is 24.6 Å². The maximum absolute atomic E-state index is 12.9. The Labute approximate surface area is 192 Å². The molecule has 8 heteroatoms. The first kappa shape index (κ1) is 22.2. The lowest BCUT2D eigenvalue weighted by Gasteiger charge is -2.22. The number of benzene rings is 1. The van der Waals surface area contributed by atoms with Crippen molar-refractivity contribution >= 4 is 39.7 Å². The molecular weight excluding hydrogens is 430 g/mol. The van der Waals surface area contributed by atoms with E-state index in [1.54, 1.807) is 11.3 Å². The highest BCUT2D eigenvalue weighted by molar-refractivity contribution is 7.09. The Balaban J connectivity index is 1.30. The van der Waals surface area contributed by atoms with Crippen LogP contribution in [0.4, 0.5) is 0 Å². The van der Waals surface area contributed by atoms with E-state index in [1.807, 2.05) is 34.0 Å². The highest BCUT2D eigenvalue weighted by atomic mass is 35.5. The van der Waals surface area contributed by atoms with E-state index in [0.717, 1.165) is 55.7 Å². The molecule has 1 amide bonds. The van der Waals surface area contributed by atoms with E-state index in [9.17, 15) is 4.79 Å². The van der Waals surface area contributed by atoms with Gasteiger partial charge in [0.2, 0.25) is 5.91 Å². The van der Waals surface area contributed by atoms with Crippen LogP contribution >= 0.6 is 22.9 Å². The molecule has 0 radical (unpaired) electrons. The molecule has 3 heterocycles. The zero-order chi connectivity index (χ0) is 22.0. The van der Waals surface area contributed by atoms with Crippen molar-refractivity contribution in [3.05, 3.63) is 45.5 Å². The summed E-state index contributed by atoms with van der Waals surface area (Å²) < 4.78 is 1.87. The van der Waals surface area contributed by atoms with Crippen molar-refractivity contribution in [2.45, 2.75) is 52.1 Å². The summed E-state index contributed by atoms with van der Waals surface area (Å²) in [7, 11) is 0. The van der Waals surface area contributed by atoms with Gasteiger partial charge < -0.3 is 4.90 Å². The summed E-state index contributed by atoms with van der Waals surface area (Å²) >= 11 is 7.86. The van der Waals surface area contributed by atoms with Gasteiger partial charge in [0.25, 0.3) is 0 Å². The number of nitrogens with zero attached hydrogens (tertiary/aromatic N) is 5. The minimum Gasteiger partial charge on any atom is -0.341 e. The Morgan fingerprint density at radius 1 is 1.19 bits per heavy atom. The summed E-state index contributed by atoms with van der Waals surface area (Å²) in [5.74, 6) is 0.191. The molecule has 3 aromatic rings. The third kappa shape index (κ3) is 5.45. The molecule has 0 N–H and O–H groups in total. The molecule has 0 saturated carbocycles. The second-order valence-corrected chi connectivity index (χ2v) is 10.5. The standard InChI is InChI=1S/C23H30ClN5OS/c1-23(2,3)22-26-19(16-31-22)15-27-8-4-9-28(12-11-27)21(30)7-10-29-20-13-18(24)6-5-17(20)14-25-29/h5-6,13-14,16H,4,7-12,15H2,1-3H3. The number of aromatic nitrogens is 3. The smallest absolute Gasteiger partial charge is 0.224 e. The average molecular weight is 460 g/mol. The fourth-order valence-electron chi connectivity index (χ4n) is 3.91. The van der Waals surface area contributed by atoms with Crippen LogP contribution in [0.25, 0.3) is 10.9 Å². The molecule has 4 rings (SSSR count). The van der Waals surface area contributed by atoms with Crippen molar-refractivity contribution in [3.63, 3.8) is 0 Å². The summed E-state index contributed by atoms with van der Waals surface area (Å²) in [4.78, 5) is 22.1. The molecule has 6 nitrogen and oxygen atoms in total. The van der Waals surface area contributed by atoms with E-state index < -0.39 is 0 Å². The van der Waals surface area contributed by atoms with E-state index >= 15 is 0 Å². The van der Waals surface area contributed by atoms with Gasteiger partial charge in [0.05, 0.1) is 29.0 Å². The molecule has 0 spiro atoms. The second kappa shape index (κ2) is 9.27. The van der Waals surface area contributed by atoms with Crippen molar-refractivity contribution in [2.75, 3.05) is 26.2 Å². The van der Waals surface area contributed by atoms with Crippen LogP contribution in [-0.2, 0) is 23.3 Å². The molecule has 1 aromatic carbocycles. The lowest BCUT2D eigenvalue weighted by molar-refractivity contribution is -0.131. The first-order valence-corrected chi connectivity index (χ1v) is 12.1. The summed E-state index contributed by atoms with van der Waals surface area (Å²) in [6, 6.07) is 5.72. The number of hydrogen-bond acceptors (Lipinski definition) is 5. The molecule has 1 aliphatic heterocycles. The van der Waals surface area contributed by atoms with E-state index in [4.69, 9.17) is 16.6 Å². The lowest BCUT2D eigenvalue weighted by atomic mass is 9.98. The molecule has 0 atom stereocenters. The zero-order valence-electron chi connectivity index (χ0n) is 18.5. The first-order valence-electron chi connectivity index (χ1n) is 10.9. The van der Waals surface area contributed by atoms with Crippen LogP contribution in [0.3, 0.4) is 0 Å². The van der Waals surface area contributed by atoms with Crippen molar-refractivity contribution in [2.24, 2.45) is 0 Å². The van der Waals surface area contributed by atoms with Crippen LogP contribution in [0.15, 0.2) is 29.8 Å². The Hall–Kier alpha value is -1.96. The number of aryl methyl sites for hydroxylation is 1. The fraction of sp³-hybridized carbons (Fsp3) is 0.522. The van der Waals surface area contributed by atoms with Crippen molar-refractivity contribution in [3.8, 4) is 0 Å². The molecule has 0 bridgehead atoms. The van der Waals surface area contributed by atoms with Crippen LogP contribution in [0.1, 0.15) is 44.3 Å².